The SMILES string of the molecule is Cc1cccc(C(=O)N[C@@H](C(=O)N2CCOCC2)C2CCN(C(=O)c3cccc(Br)c3)CC2)c1. The molecule has 1 atom stereocenters. The third-order valence-corrected chi connectivity index (χ3v) is 7.02. The number of likely N-dealkylation sites (tertiary alicyclic amines) is 1. The van der Waals surface area contributed by atoms with Gasteiger partial charge in [-0.15, -0.1) is 0 Å². The summed E-state index contributed by atoms with van der Waals surface area (Å²) in [6.45, 7) is 5.08. The van der Waals surface area contributed by atoms with E-state index >= 15 is 0 Å². The summed E-state index contributed by atoms with van der Waals surface area (Å²) in [5.41, 5.74) is 2.17. The zero-order chi connectivity index (χ0) is 24.1. The Bertz CT molecular complexity index is 1050. The number of carbonyl (C=O) groups is 3. The number of hydrogen-bond acceptors (Lipinski definition) is 4. The summed E-state index contributed by atoms with van der Waals surface area (Å²) < 4.78 is 6.26. The maximum absolute atomic E-state index is 13.5. The topological polar surface area (TPSA) is 79.0 Å². The number of ether oxygens (including phenoxy) is 1. The number of rotatable bonds is 5. The lowest BCUT2D eigenvalue weighted by Gasteiger charge is -2.38. The predicted octanol–water partition coefficient (Wildman–Crippen LogP) is 3.27. The number of nitrogens with zero attached hydrogens (tertiary/aromatic N) is 2. The van der Waals surface area contributed by atoms with Crippen LogP contribution in [0.25, 0.3) is 0 Å². The van der Waals surface area contributed by atoms with Crippen molar-refractivity contribution >= 4 is 33.7 Å². The monoisotopic (exact) mass is 527 g/mol. The predicted molar refractivity (Wildman–Crippen MR) is 133 cm³/mol. The van der Waals surface area contributed by atoms with E-state index in [2.05, 4.69) is 21.2 Å². The van der Waals surface area contributed by atoms with Gasteiger partial charge in [0.25, 0.3) is 11.8 Å². The van der Waals surface area contributed by atoms with Crippen LogP contribution in [0.1, 0.15) is 39.1 Å². The Balaban J connectivity index is 1.47. The number of morpholine rings is 1. The number of amides is 3. The second-order valence-corrected chi connectivity index (χ2v) is 9.81. The van der Waals surface area contributed by atoms with E-state index in [4.69, 9.17) is 4.74 Å². The molecule has 7 nitrogen and oxygen atoms in total. The molecule has 3 amide bonds. The third-order valence-electron chi connectivity index (χ3n) is 6.53. The van der Waals surface area contributed by atoms with Crippen molar-refractivity contribution in [3.05, 3.63) is 69.7 Å². The van der Waals surface area contributed by atoms with Gasteiger partial charge in [-0.1, -0.05) is 39.7 Å². The van der Waals surface area contributed by atoms with Crippen LogP contribution in [-0.2, 0) is 9.53 Å². The molecule has 2 aromatic carbocycles. The van der Waals surface area contributed by atoms with E-state index in [1.807, 2.05) is 54.3 Å². The van der Waals surface area contributed by atoms with Gasteiger partial charge < -0.3 is 19.9 Å². The van der Waals surface area contributed by atoms with E-state index in [0.29, 0.717) is 63.4 Å². The molecule has 4 rings (SSSR count). The van der Waals surface area contributed by atoms with Gasteiger partial charge in [0.15, 0.2) is 0 Å². The Labute approximate surface area is 208 Å². The number of hydrogen-bond donors (Lipinski definition) is 1. The highest BCUT2D eigenvalue weighted by atomic mass is 79.9. The Hall–Kier alpha value is -2.71. The zero-order valence-corrected chi connectivity index (χ0v) is 20.9. The van der Waals surface area contributed by atoms with Gasteiger partial charge >= 0.3 is 0 Å². The molecule has 0 aliphatic carbocycles. The highest BCUT2D eigenvalue weighted by Gasteiger charge is 2.36. The van der Waals surface area contributed by atoms with Crippen molar-refractivity contribution in [2.24, 2.45) is 5.92 Å². The molecule has 1 N–H and O–H groups in total. The van der Waals surface area contributed by atoms with Crippen LogP contribution in [0.3, 0.4) is 0 Å². The van der Waals surface area contributed by atoms with Crippen LogP contribution in [0.15, 0.2) is 53.0 Å². The fraction of sp³-hybridized carbons (Fsp3) is 0.423. The fourth-order valence-electron chi connectivity index (χ4n) is 4.61. The van der Waals surface area contributed by atoms with Gasteiger partial charge in [0.1, 0.15) is 6.04 Å². The molecule has 2 heterocycles. The summed E-state index contributed by atoms with van der Waals surface area (Å²) in [5.74, 6) is -0.376. The minimum Gasteiger partial charge on any atom is -0.378 e. The van der Waals surface area contributed by atoms with E-state index in [0.717, 1.165) is 10.0 Å². The van der Waals surface area contributed by atoms with Crippen molar-refractivity contribution in [1.29, 1.82) is 0 Å². The zero-order valence-electron chi connectivity index (χ0n) is 19.3. The molecule has 2 aliphatic heterocycles. The number of aryl methyl sites for hydroxylation is 1. The normalized spacial score (nSPS) is 17.8. The smallest absolute Gasteiger partial charge is 0.253 e. The maximum Gasteiger partial charge on any atom is 0.253 e. The third kappa shape index (κ3) is 5.85. The van der Waals surface area contributed by atoms with Gasteiger partial charge in [0.2, 0.25) is 5.91 Å². The number of halogens is 1. The van der Waals surface area contributed by atoms with Gasteiger partial charge in [-0.25, -0.2) is 0 Å². The van der Waals surface area contributed by atoms with Crippen LogP contribution >= 0.6 is 15.9 Å². The average Bonchev–Trinajstić information content (AvgIpc) is 2.87. The van der Waals surface area contributed by atoms with Crippen LogP contribution in [0.4, 0.5) is 0 Å². The standard InChI is InChI=1S/C26H30BrN3O4/c1-18-4-2-5-20(16-18)24(31)28-23(26(33)30-12-14-34-15-13-30)19-8-10-29(11-9-19)25(32)21-6-3-7-22(27)17-21/h2-7,16-17,19,23H,8-15H2,1H3,(H,28,31)/t23-/m1/s1. The molecular weight excluding hydrogens is 498 g/mol. The minimum atomic E-state index is -0.630. The first kappa shape index (κ1) is 24.4. The molecule has 0 unspecified atom stereocenters. The van der Waals surface area contributed by atoms with Crippen LogP contribution < -0.4 is 5.32 Å². The molecule has 2 aliphatic rings. The number of piperidine rings is 1. The molecule has 2 saturated heterocycles. The highest BCUT2D eigenvalue weighted by Crippen LogP contribution is 2.25. The van der Waals surface area contributed by atoms with Crippen molar-refractivity contribution in [3.63, 3.8) is 0 Å². The Morgan fingerprint density at radius 2 is 1.62 bits per heavy atom. The van der Waals surface area contributed by atoms with Crippen molar-refractivity contribution in [2.45, 2.75) is 25.8 Å². The maximum atomic E-state index is 13.5. The van der Waals surface area contributed by atoms with Gasteiger partial charge in [0, 0.05) is 41.8 Å². The summed E-state index contributed by atoms with van der Waals surface area (Å²) >= 11 is 3.42. The Morgan fingerprint density at radius 3 is 2.29 bits per heavy atom. The van der Waals surface area contributed by atoms with E-state index < -0.39 is 6.04 Å². The van der Waals surface area contributed by atoms with Crippen molar-refractivity contribution in [1.82, 2.24) is 15.1 Å². The quantitative estimate of drug-likeness (QED) is 0.647. The number of benzene rings is 2. The van der Waals surface area contributed by atoms with Crippen molar-refractivity contribution in [3.8, 4) is 0 Å². The largest absolute Gasteiger partial charge is 0.378 e. The van der Waals surface area contributed by atoms with E-state index in [1.54, 1.807) is 11.0 Å². The minimum absolute atomic E-state index is 0.0143. The van der Waals surface area contributed by atoms with Crippen LogP contribution in [-0.4, -0.2) is 73.0 Å². The summed E-state index contributed by atoms with van der Waals surface area (Å²) in [4.78, 5) is 43.1. The van der Waals surface area contributed by atoms with Crippen LogP contribution in [0.5, 0.6) is 0 Å². The first-order valence-electron chi connectivity index (χ1n) is 11.7. The van der Waals surface area contributed by atoms with Crippen molar-refractivity contribution in [2.75, 3.05) is 39.4 Å². The Kier molecular flexibility index (Phi) is 8.00. The van der Waals surface area contributed by atoms with Gasteiger partial charge in [-0.05, 0) is 56.0 Å². The molecule has 0 spiro atoms. The first-order valence-corrected chi connectivity index (χ1v) is 12.5. The van der Waals surface area contributed by atoms with Crippen molar-refractivity contribution < 1.29 is 19.1 Å². The summed E-state index contributed by atoms with van der Waals surface area (Å²) in [5, 5.41) is 3.03. The molecule has 0 radical (unpaired) electrons. The molecule has 0 saturated carbocycles. The number of carbonyl (C=O) groups excluding carboxylic acids is 3. The lowest BCUT2D eigenvalue weighted by atomic mass is 9.87. The molecule has 180 valence electrons. The fourth-order valence-corrected chi connectivity index (χ4v) is 5.01. The van der Waals surface area contributed by atoms with Crippen LogP contribution in [0, 0.1) is 12.8 Å². The molecule has 34 heavy (non-hydrogen) atoms. The number of nitrogens with one attached hydrogen (secondary N) is 1. The second-order valence-electron chi connectivity index (χ2n) is 8.90. The summed E-state index contributed by atoms with van der Waals surface area (Å²) in [7, 11) is 0. The first-order chi connectivity index (χ1) is 16.4. The van der Waals surface area contributed by atoms with E-state index in [-0.39, 0.29) is 23.6 Å². The lowest BCUT2D eigenvalue weighted by Crippen LogP contribution is -2.56. The van der Waals surface area contributed by atoms with E-state index in [9.17, 15) is 14.4 Å². The summed E-state index contributed by atoms with van der Waals surface area (Å²) in [6.07, 6.45) is 1.29. The van der Waals surface area contributed by atoms with Crippen LogP contribution in [0.2, 0.25) is 0 Å². The highest BCUT2D eigenvalue weighted by molar-refractivity contribution is 9.10. The molecular formula is C26H30BrN3O4. The van der Waals surface area contributed by atoms with Gasteiger partial charge in [-0.3, -0.25) is 14.4 Å². The average molecular weight is 528 g/mol. The van der Waals surface area contributed by atoms with Gasteiger partial charge in [-0.2, -0.15) is 0 Å². The molecule has 2 aromatic rings. The molecule has 0 bridgehead atoms. The van der Waals surface area contributed by atoms with Gasteiger partial charge in [0.05, 0.1) is 13.2 Å². The van der Waals surface area contributed by atoms with E-state index in [1.165, 1.54) is 0 Å². The second kappa shape index (κ2) is 11.1. The lowest BCUT2D eigenvalue weighted by molar-refractivity contribution is -0.139. The molecule has 0 aromatic heterocycles. The summed E-state index contributed by atoms with van der Waals surface area (Å²) in [6, 6.07) is 14.1. The molecule has 2 fully saturated rings. The molecule has 8 heteroatoms. The Morgan fingerprint density at radius 1 is 0.941 bits per heavy atom.